The van der Waals surface area contributed by atoms with E-state index in [1.807, 2.05) is 63.2 Å². The first kappa shape index (κ1) is 35.1. The standard InChI is InChI=1S/C37H39N3O8S/c1-6-45-30-20-25(16-17-29(30)47-22-32(41)39-26-12-8-7-9-13-26)21-31-35(42)40-34(27-14-10-11-15-28(27)48-23(2)3)33(24(4)38-37(40)49-31)36(43)46-19-18-44-5/h7-17,20-21,23,34H,6,18-19,22H2,1-5H3,(H,39,41)/b31-21+/t34-/m0/s1. The predicted molar refractivity (Wildman–Crippen MR) is 187 cm³/mol. The maximum absolute atomic E-state index is 14.2. The van der Waals surface area contributed by atoms with Gasteiger partial charge < -0.3 is 29.0 Å². The van der Waals surface area contributed by atoms with Crippen molar-refractivity contribution in [1.82, 2.24) is 4.57 Å². The predicted octanol–water partition coefficient (Wildman–Crippen LogP) is 4.63. The smallest absolute Gasteiger partial charge is 0.338 e. The van der Waals surface area contributed by atoms with Gasteiger partial charge in [0.05, 0.1) is 35.1 Å². The van der Waals surface area contributed by atoms with Crippen LogP contribution in [-0.4, -0.2) is 56.1 Å². The zero-order valence-electron chi connectivity index (χ0n) is 28.1. The van der Waals surface area contributed by atoms with E-state index >= 15 is 0 Å². The van der Waals surface area contributed by atoms with Crippen molar-refractivity contribution in [3.63, 3.8) is 0 Å². The highest BCUT2D eigenvalue weighted by Gasteiger charge is 2.35. The van der Waals surface area contributed by atoms with Crippen molar-refractivity contribution < 1.29 is 33.3 Å². The highest BCUT2D eigenvalue weighted by Crippen LogP contribution is 2.36. The summed E-state index contributed by atoms with van der Waals surface area (Å²) in [5.41, 5.74) is 2.32. The van der Waals surface area contributed by atoms with Crippen LogP contribution in [0, 0.1) is 0 Å². The highest BCUT2D eigenvalue weighted by molar-refractivity contribution is 7.07. The van der Waals surface area contributed by atoms with Crippen molar-refractivity contribution >= 4 is 35.0 Å². The summed E-state index contributed by atoms with van der Waals surface area (Å²) in [6, 6.07) is 20.8. The molecule has 0 spiro atoms. The van der Waals surface area contributed by atoms with Gasteiger partial charge in [-0.1, -0.05) is 53.8 Å². The molecule has 1 atom stereocenters. The Balaban J connectivity index is 1.52. The van der Waals surface area contributed by atoms with E-state index in [9.17, 15) is 14.4 Å². The number of rotatable bonds is 14. The van der Waals surface area contributed by atoms with E-state index in [4.69, 9.17) is 23.7 Å². The van der Waals surface area contributed by atoms with Crippen molar-refractivity contribution in [3.8, 4) is 17.2 Å². The molecule has 12 heteroatoms. The van der Waals surface area contributed by atoms with E-state index in [1.165, 1.54) is 23.0 Å². The molecule has 0 saturated carbocycles. The van der Waals surface area contributed by atoms with Gasteiger partial charge in [-0.15, -0.1) is 0 Å². The van der Waals surface area contributed by atoms with E-state index < -0.39 is 12.0 Å². The molecule has 11 nitrogen and oxygen atoms in total. The van der Waals surface area contributed by atoms with Crippen molar-refractivity contribution in [2.75, 3.05) is 38.9 Å². The molecule has 0 aliphatic carbocycles. The van der Waals surface area contributed by atoms with Crippen LogP contribution < -0.4 is 34.4 Å². The van der Waals surface area contributed by atoms with Crippen molar-refractivity contribution in [2.24, 2.45) is 4.99 Å². The molecule has 5 rings (SSSR count). The summed E-state index contributed by atoms with van der Waals surface area (Å²) < 4.78 is 30.3. The molecule has 1 aliphatic rings. The summed E-state index contributed by atoms with van der Waals surface area (Å²) in [5.74, 6) is 0.449. The minimum atomic E-state index is -0.847. The van der Waals surface area contributed by atoms with E-state index in [2.05, 4.69) is 10.3 Å². The summed E-state index contributed by atoms with van der Waals surface area (Å²) in [5, 5.41) is 2.79. The third-order valence-corrected chi connectivity index (χ3v) is 8.30. The fourth-order valence-corrected chi connectivity index (χ4v) is 6.30. The van der Waals surface area contributed by atoms with Crippen LogP contribution in [0.3, 0.4) is 0 Å². The number of nitrogens with one attached hydrogen (secondary N) is 1. The molecule has 1 aliphatic heterocycles. The number of nitrogens with zero attached hydrogens (tertiary/aromatic N) is 2. The first-order chi connectivity index (χ1) is 23.7. The Kier molecular flexibility index (Phi) is 11.7. The number of methoxy groups -OCH3 is 1. The van der Waals surface area contributed by atoms with Gasteiger partial charge in [0.1, 0.15) is 18.4 Å². The number of fused-ring (bicyclic) bond motifs is 1. The lowest BCUT2D eigenvalue weighted by Gasteiger charge is -2.27. The first-order valence-corrected chi connectivity index (χ1v) is 16.7. The van der Waals surface area contributed by atoms with Crippen molar-refractivity contribution in [2.45, 2.75) is 39.8 Å². The summed E-state index contributed by atoms with van der Waals surface area (Å²) in [4.78, 5) is 45.3. The number of thiazole rings is 1. The zero-order chi connectivity index (χ0) is 34.9. The molecule has 0 bridgehead atoms. The fourth-order valence-electron chi connectivity index (χ4n) is 5.26. The molecule has 0 unspecified atom stereocenters. The molecule has 3 aromatic carbocycles. The number of anilines is 1. The van der Waals surface area contributed by atoms with E-state index in [0.29, 0.717) is 55.7 Å². The van der Waals surface area contributed by atoms with Gasteiger partial charge >= 0.3 is 5.97 Å². The Morgan fingerprint density at radius 2 is 1.73 bits per heavy atom. The number of aromatic nitrogens is 1. The second-order valence-corrected chi connectivity index (χ2v) is 12.3. The number of allylic oxidation sites excluding steroid dienone is 1. The van der Waals surface area contributed by atoms with Crippen LogP contribution in [0.4, 0.5) is 5.69 Å². The average molecular weight is 686 g/mol. The van der Waals surface area contributed by atoms with Gasteiger partial charge in [-0.3, -0.25) is 14.2 Å². The molecule has 256 valence electrons. The summed E-state index contributed by atoms with van der Waals surface area (Å²) in [7, 11) is 1.52. The maximum atomic E-state index is 14.2. The number of para-hydroxylation sites is 2. The Morgan fingerprint density at radius 1 is 0.980 bits per heavy atom. The van der Waals surface area contributed by atoms with Crippen LogP contribution in [0.15, 0.2) is 93.9 Å². The minimum absolute atomic E-state index is 0.0486. The van der Waals surface area contributed by atoms with Gasteiger partial charge in [0, 0.05) is 18.4 Å². The Hall–Kier alpha value is -5.20. The molecule has 0 saturated heterocycles. The molecule has 49 heavy (non-hydrogen) atoms. The molecule has 0 fully saturated rings. The number of amides is 1. The topological polar surface area (TPSA) is 127 Å². The van der Waals surface area contributed by atoms with Gasteiger partial charge in [0.25, 0.3) is 11.5 Å². The van der Waals surface area contributed by atoms with Crippen LogP contribution in [-0.2, 0) is 19.1 Å². The lowest BCUT2D eigenvalue weighted by Crippen LogP contribution is -2.40. The van der Waals surface area contributed by atoms with Gasteiger partial charge in [0.2, 0.25) is 0 Å². The van der Waals surface area contributed by atoms with Gasteiger partial charge in [0.15, 0.2) is 22.9 Å². The van der Waals surface area contributed by atoms with Gasteiger partial charge in [-0.05, 0) is 69.7 Å². The number of benzene rings is 3. The molecular formula is C37H39N3O8S. The third kappa shape index (κ3) is 8.45. The lowest BCUT2D eigenvalue weighted by atomic mass is 9.95. The van der Waals surface area contributed by atoms with Crippen molar-refractivity contribution in [1.29, 1.82) is 0 Å². The number of hydrogen-bond donors (Lipinski definition) is 1. The van der Waals surface area contributed by atoms with E-state index in [1.54, 1.807) is 43.3 Å². The van der Waals surface area contributed by atoms with E-state index in [-0.39, 0.29) is 43.0 Å². The Labute approximate surface area is 288 Å². The monoisotopic (exact) mass is 685 g/mol. The van der Waals surface area contributed by atoms with Crippen LogP contribution in [0.25, 0.3) is 6.08 Å². The van der Waals surface area contributed by atoms with Crippen LogP contribution in [0.2, 0.25) is 0 Å². The molecular weight excluding hydrogens is 646 g/mol. The second-order valence-electron chi connectivity index (χ2n) is 11.3. The number of carbonyl (C=O) groups excluding carboxylic acids is 2. The van der Waals surface area contributed by atoms with Crippen LogP contribution in [0.5, 0.6) is 17.2 Å². The highest BCUT2D eigenvalue weighted by atomic mass is 32.1. The molecule has 1 amide bonds. The lowest BCUT2D eigenvalue weighted by molar-refractivity contribution is -0.140. The molecule has 1 N–H and O–H groups in total. The SMILES string of the molecule is CCOc1cc(/C=c2/sc3n(c2=O)[C@@H](c2ccccc2OC(C)C)C(C(=O)OCCOC)=C(C)N=3)ccc1OCC(=O)Nc1ccccc1. The first-order valence-electron chi connectivity index (χ1n) is 15.9. The normalized spacial score (nSPS) is 14.2. The average Bonchev–Trinajstić information content (AvgIpc) is 3.38. The molecule has 1 aromatic heterocycles. The van der Waals surface area contributed by atoms with Gasteiger partial charge in [-0.2, -0.15) is 0 Å². The maximum Gasteiger partial charge on any atom is 0.338 e. The Morgan fingerprint density at radius 3 is 2.47 bits per heavy atom. The summed E-state index contributed by atoms with van der Waals surface area (Å²) in [6.07, 6.45) is 1.59. The Bertz CT molecular complexity index is 2020. The van der Waals surface area contributed by atoms with Crippen LogP contribution >= 0.6 is 11.3 Å². The largest absolute Gasteiger partial charge is 0.491 e. The third-order valence-electron chi connectivity index (χ3n) is 7.32. The molecule has 2 heterocycles. The number of ether oxygens (including phenoxy) is 5. The van der Waals surface area contributed by atoms with Crippen LogP contribution in [0.1, 0.15) is 44.9 Å². The molecule has 0 radical (unpaired) electrons. The molecule has 4 aromatic rings. The zero-order valence-corrected chi connectivity index (χ0v) is 28.9. The summed E-state index contributed by atoms with van der Waals surface area (Å²) >= 11 is 1.21. The van der Waals surface area contributed by atoms with Crippen molar-refractivity contribution in [3.05, 3.63) is 115 Å². The number of hydrogen-bond acceptors (Lipinski definition) is 10. The second kappa shape index (κ2) is 16.3. The fraction of sp³-hybridized carbons (Fsp3) is 0.297. The number of esters is 1. The minimum Gasteiger partial charge on any atom is -0.491 e. The number of carbonyl (C=O) groups is 2. The van der Waals surface area contributed by atoms with Gasteiger partial charge in [-0.25, -0.2) is 9.79 Å². The quantitative estimate of drug-likeness (QED) is 0.151. The van der Waals surface area contributed by atoms with E-state index in [0.717, 1.165) is 0 Å². The summed E-state index contributed by atoms with van der Waals surface area (Å²) in [6.45, 7) is 7.82.